The second-order valence-corrected chi connectivity index (χ2v) is 7.60. The first kappa shape index (κ1) is 17.7. The van der Waals surface area contributed by atoms with Gasteiger partial charge in [-0.15, -0.1) is 0 Å². The zero-order valence-corrected chi connectivity index (χ0v) is 14.5. The van der Waals surface area contributed by atoms with Crippen molar-refractivity contribution in [3.8, 4) is 0 Å². The van der Waals surface area contributed by atoms with Gasteiger partial charge in [0.15, 0.2) is 0 Å². The second-order valence-electron chi connectivity index (χ2n) is 5.38. The van der Waals surface area contributed by atoms with Gasteiger partial charge in [0, 0.05) is 11.1 Å². The Morgan fingerprint density at radius 2 is 1.74 bits per heavy atom. The van der Waals surface area contributed by atoms with Crippen LogP contribution in [0.2, 0.25) is 5.02 Å². The minimum atomic E-state index is -3.28. The van der Waals surface area contributed by atoms with Gasteiger partial charge in [0.05, 0.1) is 6.26 Å². The summed E-state index contributed by atoms with van der Waals surface area (Å²) in [4.78, 5) is 0. The fourth-order valence-electron chi connectivity index (χ4n) is 2.29. The summed E-state index contributed by atoms with van der Waals surface area (Å²) in [6.07, 6.45) is 6.72. The van der Waals surface area contributed by atoms with Crippen LogP contribution in [0.15, 0.2) is 60.7 Å². The minimum absolute atomic E-state index is 0.261. The Kier molecular flexibility index (Phi) is 6.39. The van der Waals surface area contributed by atoms with Crippen LogP contribution < -0.4 is 4.72 Å². The monoisotopic (exact) mass is 349 g/mol. The SMILES string of the molecule is CS(=O)(=O)NC(CC/C=C/c1ccccc1)c1ccc(Cl)cc1. The molecule has 1 N–H and O–H groups in total. The molecular weight excluding hydrogens is 330 g/mol. The van der Waals surface area contributed by atoms with E-state index in [1.54, 1.807) is 12.1 Å². The van der Waals surface area contributed by atoms with Crippen molar-refractivity contribution in [2.75, 3.05) is 6.26 Å². The molecule has 1 atom stereocenters. The Morgan fingerprint density at radius 1 is 1.09 bits per heavy atom. The zero-order chi connectivity index (χ0) is 16.7. The van der Waals surface area contributed by atoms with E-state index in [0.29, 0.717) is 11.4 Å². The Bertz CT molecular complexity index is 740. The predicted octanol–water partition coefficient (Wildman–Crippen LogP) is 4.42. The fraction of sp³-hybridized carbons (Fsp3) is 0.222. The van der Waals surface area contributed by atoms with Gasteiger partial charge in [-0.05, 0) is 36.1 Å². The van der Waals surface area contributed by atoms with Gasteiger partial charge in [-0.3, -0.25) is 0 Å². The van der Waals surface area contributed by atoms with Gasteiger partial charge in [-0.1, -0.05) is 66.2 Å². The maximum absolute atomic E-state index is 11.6. The molecule has 23 heavy (non-hydrogen) atoms. The summed E-state index contributed by atoms with van der Waals surface area (Å²) in [7, 11) is -3.28. The van der Waals surface area contributed by atoms with Crippen molar-refractivity contribution in [2.45, 2.75) is 18.9 Å². The Labute approximate surface area is 143 Å². The number of halogens is 1. The first-order valence-electron chi connectivity index (χ1n) is 7.38. The Balaban J connectivity index is 2.03. The van der Waals surface area contributed by atoms with Crippen molar-refractivity contribution in [2.24, 2.45) is 0 Å². The molecule has 0 aliphatic rings. The summed E-state index contributed by atoms with van der Waals surface area (Å²) in [5.41, 5.74) is 2.04. The van der Waals surface area contributed by atoms with Crippen LogP contribution >= 0.6 is 11.6 Å². The molecule has 0 bridgehead atoms. The summed E-state index contributed by atoms with van der Waals surface area (Å²) in [6.45, 7) is 0. The molecule has 0 amide bonds. The minimum Gasteiger partial charge on any atom is -0.213 e. The number of allylic oxidation sites excluding steroid dienone is 1. The molecule has 0 spiro atoms. The summed E-state index contributed by atoms with van der Waals surface area (Å²) < 4.78 is 25.8. The van der Waals surface area contributed by atoms with Crippen LogP contribution in [-0.2, 0) is 10.0 Å². The predicted molar refractivity (Wildman–Crippen MR) is 96.9 cm³/mol. The van der Waals surface area contributed by atoms with Crippen molar-refractivity contribution in [3.05, 3.63) is 76.8 Å². The van der Waals surface area contributed by atoms with Crippen LogP contribution in [0.25, 0.3) is 6.08 Å². The average Bonchev–Trinajstić information content (AvgIpc) is 2.51. The van der Waals surface area contributed by atoms with Crippen LogP contribution in [-0.4, -0.2) is 14.7 Å². The molecule has 0 radical (unpaired) electrons. The number of benzene rings is 2. The van der Waals surface area contributed by atoms with Gasteiger partial charge in [0.25, 0.3) is 0 Å². The van der Waals surface area contributed by atoms with Crippen molar-refractivity contribution in [1.29, 1.82) is 0 Å². The third-order valence-corrected chi connectivity index (χ3v) is 4.33. The van der Waals surface area contributed by atoms with Crippen molar-refractivity contribution < 1.29 is 8.42 Å². The first-order chi connectivity index (χ1) is 10.9. The molecule has 3 nitrogen and oxygen atoms in total. The van der Waals surface area contributed by atoms with E-state index in [4.69, 9.17) is 11.6 Å². The van der Waals surface area contributed by atoms with E-state index in [1.807, 2.05) is 48.5 Å². The molecule has 2 aromatic rings. The van der Waals surface area contributed by atoms with E-state index in [1.165, 1.54) is 6.26 Å². The smallest absolute Gasteiger partial charge is 0.209 e. The number of sulfonamides is 1. The molecule has 1 unspecified atom stereocenters. The van der Waals surface area contributed by atoms with Crippen molar-refractivity contribution in [3.63, 3.8) is 0 Å². The van der Waals surface area contributed by atoms with E-state index >= 15 is 0 Å². The lowest BCUT2D eigenvalue weighted by Gasteiger charge is -2.17. The van der Waals surface area contributed by atoms with Crippen LogP contribution in [0.4, 0.5) is 0 Å². The standard InChI is InChI=1S/C18H20ClNO2S/c1-23(21,22)20-18(16-11-13-17(19)14-12-16)10-6-5-9-15-7-3-2-4-8-15/h2-5,7-9,11-14,18,20H,6,10H2,1H3/b9-5+. The lowest BCUT2D eigenvalue weighted by atomic mass is 10.0. The van der Waals surface area contributed by atoms with Gasteiger partial charge in [0.2, 0.25) is 10.0 Å². The molecule has 0 saturated heterocycles. The number of hydrogen-bond donors (Lipinski definition) is 1. The molecule has 5 heteroatoms. The van der Waals surface area contributed by atoms with Gasteiger partial charge < -0.3 is 0 Å². The van der Waals surface area contributed by atoms with E-state index in [9.17, 15) is 8.42 Å². The van der Waals surface area contributed by atoms with Crippen LogP contribution in [0, 0.1) is 0 Å². The lowest BCUT2D eigenvalue weighted by molar-refractivity contribution is 0.547. The fourth-order valence-corrected chi connectivity index (χ4v) is 3.19. The highest BCUT2D eigenvalue weighted by molar-refractivity contribution is 7.88. The van der Waals surface area contributed by atoms with Crippen LogP contribution in [0.3, 0.4) is 0 Å². The Morgan fingerprint density at radius 3 is 2.35 bits per heavy atom. The third-order valence-electron chi connectivity index (χ3n) is 3.36. The largest absolute Gasteiger partial charge is 0.213 e. The molecule has 2 rings (SSSR count). The van der Waals surface area contributed by atoms with E-state index in [2.05, 4.69) is 10.8 Å². The molecule has 0 saturated carbocycles. The van der Waals surface area contributed by atoms with Gasteiger partial charge in [-0.25, -0.2) is 13.1 Å². The molecule has 122 valence electrons. The summed E-state index contributed by atoms with van der Waals surface area (Å²) in [5, 5.41) is 0.635. The van der Waals surface area contributed by atoms with Crippen molar-refractivity contribution >= 4 is 27.7 Å². The molecule has 2 aromatic carbocycles. The zero-order valence-electron chi connectivity index (χ0n) is 12.9. The summed E-state index contributed by atoms with van der Waals surface area (Å²) in [6, 6.07) is 17.0. The van der Waals surface area contributed by atoms with Gasteiger partial charge in [-0.2, -0.15) is 0 Å². The maximum Gasteiger partial charge on any atom is 0.209 e. The second kappa shape index (κ2) is 8.29. The number of hydrogen-bond acceptors (Lipinski definition) is 2. The molecule has 0 fully saturated rings. The van der Waals surface area contributed by atoms with E-state index in [0.717, 1.165) is 17.5 Å². The van der Waals surface area contributed by atoms with Gasteiger partial charge >= 0.3 is 0 Å². The highest BCUT2D eigenvalue weighted by Gasteiger charge is 2.15. The summed E-state index contributed by atoms with van der Waals surface area (Å²) >= 11 is 5.89. The highest BCUT2D eigenvalue weighted by Crippen LogP contribution is 2.22. The highest BCUT2D eigenvalue weighted by atomic mass is 35.5. The molecule has 0 aromatic heterocycles. The normalized spacial score (nSPS) is 13.3. The van der Waals surface area contributed by atoms with E-state index in [-0.39, 0.29) is 6.04 Å². The molecule has 0 aliphatic carbocycles. The molecule has 0 aliphatic heterocycles. The quantitative estimate of drug-likeness (QED) is 0.804. The maximum atomic E-state index is 11.6. The number of nitrogens with one attached hydrogen (secondary N) is 1. The molecular formula is C18H20ClNO2S. The molecule has 0 heterocycles. The summed E-state index contributed by atoms with van der Waals surface area (Å²) in [5.74, 6) is 0. The van der Waals surface area contributed by atoms with Crippen LogP contribution in [0.1, 0.15) is 30.0 Å². The third kappa shape index (κ3) is 6.57. The van der Waals surface area contributed by atoms with E-state index < -0.39 is 10.0 Å². The van der Waals surface area contributed by atoms with Crippen molar-refractivity contribution in [1.82, 2.24) is 4.72 Å². The average molecular weight is 350 g/mol. The number of rotatable bonds is 7. The first-order valence-corrected chi connectivity index (χ1v) is 9.65. The topological polar surface area (TPSA) is 46.2 Å². The van der Waals surface area contributed by atoms with Gasteiger partial charge in [0.1, 0.15) is 0 Å². The lowest BCUT2D eigenvalue weighted by Crippen LogP contribution is -2.27. The van der Waals surface area contributed by atoms with Crippen LogP contribution in [0.5, 0.6) is 0 Å². The Hall–Kier alpha value is -1.62.